The zero-order valence-corrected chi connectivity index (χ0v) is 19.1. The van der Waals surface area contributed by atoms with Crippen LogP contribution in [0.25, 0.3) is 0 Å². The Morgan fingerprint density at radius 1 is 1.03 bits per heavy atom. The number of nitrogens with one attached hydrogen (secondary N) is 2. The Hall–Kier alpha value is -3.42. The van der Waals surface area contributed by atoms with Crippen molar-refractivity contribution in [1.82, 2.24) is 10.2 Å². The maximum Gasteiger partial charge on any atom is 0.321 e. The number of hydrogen-bond donors (Lipinski definition) is 2. The molecule has 1 saturated heterocycles. The third-order valence-corrected chi connectivity index (χ3v) is 5.77. The number of carbonyl (C=O) groups excluding carboxylic acids is 2. The van der Waals surface area contributed by atoms with E-state index in [1.807, 2.05) is 31.2 Å². The maximum absolute atomic E-state index is 13.0. The minimum atomic E-state index is -0.674. The van der Waals surface area contributed by atoms with Gasteiger partial charge in [0.1, 0.15) is 17.2 Å². The number of ether oxygens (including phenoxy) is 3. The van der Waals surface area contributed by atoms with Crippen LogP contribution in [0.4, 0.5) is 10.5 Å². The summed E-state index contributed by atoms with van der Waals surface area (Å²) in [7, 11) is 4.72. The number of likely N-dealkylation sites (tertiary alicyclic amines) is 1. The number of amides is 3. The van der Waals surface area contributed by atoms with Crippen molar-refractivity contribution in [1.29, 1.82) is 0 Å². The SMILES string of the molecule is COc1cccc(CNC(=O)[C@]2(C)CCCN(C(=O)Nc3cc(OC)ccc3OC)C2)c1. The van der Waals surface area contributed by atoms with Gasteiger partial charge in [-0.05, 0) is 49.6 Å². The molecule has 32 heavy (non-hydrogen) atoms. The largest absolute Gasteiger partial charge is 0.497 e. The van der Waals surface area contributed by atoms with Crippen LogP contribution in [0.1, 0.15) is 25.3 Å². The Balaban J connectivity index is 1.64. The number of carbonyl (C=O) groups is 2. The van der Waals surface area contributed by atoms with Crippen molar-refractivity contribution in [3.8, 4) is 17.2 Å². The van der Waals surface area contributed by atoms with E-state index in [-0.39, 0.29) is 11.9 Å². The highest BCUT2D eigenvalue weighted by Crippen LogP contribution is 2.32. The monoisotopic (exact) mass is 441 g/mol. The van der Waals surface area contributed by atoms with Crippen LogP contribution < -0.4 is 24.8 Å². The van der Waals surface area contributed by atoms with Crippen LogP contribution in [0, 0.1) is 5.41 Å². The second-order valence-electron chi connectivity index (χ2n) is 8.12. The Morgan fingerprint density at radius 2 is 1.78 bits per heavy atom. The van der Waals surface area contributed by atoms with Gasteiger partial charge in [0, 0.05) is 25.7 Å². The Bertz CT molecular complexity index is 964. The molecule has 1 aliphatic heterocycles. The molecule has 1 aliphatic rings. The normalized spacial score (nSPS) is 17.9. The fourth-order valence-electron chi connectivity index (χ4n) is 3.88. The predicted molar refractivity (Wildman–Crippen MR) is 122 cm³/mol. The highest BCUT2D eigenvalue weighted by Gasteiger charge is 2.39. The van der Waals surface area contributed by atoms with Crippen LogP contribution >= 0.6 is 0 Å². The summed E-state index contributed by atoms with van der Waals surface area (Å²) < 4.78 is 15.8. The average molecular weight is 442 g/mol. The number of benzene rings is 2. The van der Waals surface area contributed by atoms with E-state index in [4.69, 9.17) is 14.2 Å². The number of rotatable bonds is 7. The number of piperidine rings is 1. The molecule has 3 amide bonds. The zero-order valence-electron chi connectivity index (χ0n) is 19.1. The lowest BCUT2D eigenvalue weighted by atomic mass is 9.81. The molecule has 0 saturated carbocycles. The number of hydrogen-bond acceptors (Lipinski definition) is 5. The third kappa shape index (κ3) is 5.43. The van der Waals surface area contributed by atoms with E-state index in [0.717, 1.165) is 17.7 Å². The van der Waals surface area contributed by atoms with Gasteiger partial charge in [0.25, 0.3) is 0 Å². The minimum Gasteiger partial charge on any atom is -0.497 e. The van der Waals surface area contributed by atoms with E-state index in [1.165, 1.54) is 0 Å². The van der Waals surface area contributed by atoms with E-state index in [0.29, 0.717) is 43.2 Å². The van der Waals surface area contributed by atoms with Crippen molar-refractivity contribution in [2.45, 2.75) is 26.3 Å². The summed E-state index contributed by atoms with van der Waals surface area (Å²) in [6.07, 6.45) is 1.45. The fraction of sp³-hybridized carbons (Fsp3) is 0.417. The molecular formula is C24H31N3O5. The van der Waals surface area contributed by atoms with Gasteiger partial charge in [0.15, 0.2) is 0 Å². The molecule has 0 bridgehead atoms. The summed E-state index contributed by atoms with van der Waals surface area (Å²) in [6, 6.07) is 12.5. The molecule has 2 aromatic carbocycles. The van der Waals surface area contributed by atoms with Crippen LogP contribution in [0.15, 0.2) is 42.5 Å². The first-order chi connectivity index (χ1) is 15.4. The first kappa shape index (κ1) is 23.2. The number of urea groups is 1. The van der Waals surface area contributed by atoms with Crippen LogP contribution in [-0.4, -0.2) is 51.3 Å². The number of methoxy groups -OCH3 is 3. The lowest BCUT2D eigenvalue weighted by Gasteiger charge is -2.39. The van der Waals surface area contributed by atoms with Gasteiger partial charge in [-0.2, -0.15) is 0 Å². The second-order valence-corrected chi connectivity index (χ2v) is 8.12. The van der Waals surface area contributed by atoms with Gasteiger partial charge in [0.2, 0.25) is 5.91 Å². The van der Waals surface area contributed by atoms with Crippen molar-refractivity contribution in [3.05, 3.63) is 48.0 Å². The summed E-state index contributed by atoms with van der Waals surface area (Å²) in [6.45, 7) is 3.21. The number of nitrogens with zero attached hydrogens (tertiary/aromatic N) is 1. The highest BCUT2D eigenvalue weighted by atomic mass is 16.5. The van der Waals surface area contributed by atoms with Gasteiger partial charge in [-0.1, -0.05) is 12.1 Å². The Kier molecular flexibility index (Phi) is 7.45. The summed E-state index contributed by atoms with van der Waals surface area (Å²) in [5, 5.41) is 5.90. The van der Waals surface area contributed by atoms with Crippen LogP contribution in [0.2, 0.25) is 0 Å². The van der Waals surface area contributed by atoms with Gasteiger partial charge in [-0.3, -0.25) is 4.79 Å². The van der Waals surface area contributed by atoms with Crippen LogP contribution in [0.5, 0.6) is 17.2 Å². The fourth-order valence-corrected chi connectivity index (χ4v) is 3.88. The summed E-state index contributed by atoms with van der Waals surface area (Å²) in [5.74, 6) is 1.82. The molecule has 1 atom stereocenters. The molecule has 3 rings (SSSR count). The Labute approximate surface area is 188 Å². The Morgan fingerprint density at radius 3 is 2.50 bits per heavy atom. The van der Waals surface area contributed by atoms with Gasteiger partial charge < -0.3 is 29.7 Å². The molecule has 8 heteroatoms. The van der Waals surface area contributed by atoms with Gasteiger partial charge in [-0.25, -0.2) is 4.79 Å². The average Bonchev–Trinajstić information content (AvgIpc) is 2.82. The van der Waals surface area contributed by atoms with E-state index in [2.05, 4.69) is 10.6 Å². The molecule has 2 N–H and O–H groups in total. The lowest BCUT2D eigenvalue weighted by Crippen LogP contribution is -2.52. The summed E-state index contributed by atoms with van der Waals surface area (Å²) in [5.41, 5.74) is 0.802. The smallest absolute Gasteiger partial charge is 0.321 e. The third-order valence-electron chi connectivity index (χ3n) is 5.77. The molecule has 1 heterocycles. The van der Waals surface area contributed by atoms with E-state index in [9.17, 15) is 9.59 Å². The molecule has 0 radical (unpaired) electrons. The lowest BCUT2D eigenvalue weighted by molar-refractivity contribution is -0.132. The van der Waals surface area contributed by atoms with Crippen molar-refractivity contribution in [3.63, 3.8) is 0 Å². The van der Waals surface area contributed by atoms with E-state index < -0.39 is 5.41 Å². The predicted octanol–water partition coefficient (Wildman–Crippen LogP) is 3.66. The molecule has 0 spiro atoms. The van der Waals surface area contributed by atoms with Gasteiger partial charge >= 0.3 is 6.03 Å². The molecule has 1 fully saturated rings. The molecule has 8 nitrogen and oxygen atoms in total. The molecule has 0 aromatic heterocycles. The molecule has 0 aliphatic carbocycles. The molecule has 2 aromatic rings. The standard InChI is InChI=1S/C24H31N3O5/c1-24(22(28)25-15-17-7-5-8-18(13-17)30-2)11-6-12-27(16-24)23(29)26-20-14-19(31-3)9-10-21(20)32-4/h5,7-10,13-14H,6,11-12,15-16H2,1-4H3,(H,25,28)(H,26,29)/t24-/m1/s1. The highest BCUT2D eigenvalue weighted by molar-refractivity contribution is 5.92. The van der Waals surface area contributed by atoms with Crippen molar-refractivity contribution < 1.29 is 23.8 Å². The van der Waals surface area contributed by atoms with E-state index in [1.54, 1.807) is 44.4 Å². The van der Waals surface area contributed by atoms with Crippen LogP contribution in [-0.2, 0) is 11.3 Å². The quantitative estimate of drug-likeness (QED) is 0.685. The van der Waals surface area contributed by atoms with E-state index >= 15 is 0 Å². The van der Waals surface area contributed by atoms with Crippen LogP contribution in [0.3, 0.4) is 0 Å². The summed E-state index contributed by atoms with van der Waals surface area (Å²) in [4.78, 5) is 27.7. The van der Waals surface area contributed by atoms with Gasteiger partial charge in [0.05, 0.1) is 32.4 Å². The summed E-state index contributed by atoms with van der Waals surface area (Å²) >= 11 is 0. The van der Waals surface area contributed by atoms with Crippen molar-refractivity contribution in [2.24, 2.45) is 5.41 Å². The number of anilines is 1. The topological polar surface area (TPSA) is 89.1 Å². The second kappa shape index (κ2) is 10.3. The zero-order chi connectivity index (χ0) is 23.1. The minimum absolute atomic E-state index is 0.0724. The van der Waals surface area contributed by atoms with Crippen molar-refractivity contribution >= 4 is 17.6 Å². The van der Waals surface area contributed by atoms with Gasteiger partial charge in [-0.15, -0.1) is 0 Å². The molecule has 172 valence electrons. The first-order valence-electron chi connectivity index (χ1n) is 10.6. The maximum atomic E-state index is 13.0. The first-order valence-corrected chi connectivity index (χ1v) is 10.6. The van der Waals surface area contributed by atoms with Crippen molar-refractivity contribution in [2.75, 3.05) is 39.7 Å². The molecular weight excluding hydrogens is 410 g/mol. The molecule has 0 unspecified atom stereocenters.